The molecule has 0 heterocycles. The molecule has 28 heavy (non-hydrogen) atoms. The van der Waals surface area contributed by atoms with E-state index in [9.17, 15) is 19.2 Å². The molecule has 2 N–H and O–H groups in total. The highest BCUT2D eigenvalue weighted by Crippen LogP contribution is 2.22. The molecule has 0 aliphatic rings. The van der Waals surface area contributed by atoms with E-state index in [-0.39, 0.29) is 22.6 Å². The van der Waals surface area contributed by atoms with Crippen molar-refractivity contribution in [1.29, 1.82) is 0 Å². The first-order valence-corrected chi connectivity index (χ1v) is 8.07. The number of carbonyl (C=O) groups is 4. The predicted octanol–water partition coefficient (Wildman–Crippen LogP) is 3.24. The molecule has 0 bridgehead atoms. The van der Waals surface area contributed by atoms with Crippen LogP contribution in [0.1, 0.15) is 45.7 Å². The van der Waals surface area contributed by atoms with Gasteiger partial charge in [0, 0.05) is 25.0 Å². The molecule has 0 aliphatic carbocycles. The third kappa shape index (κ3) is 6.24. The fourth-order valence-electron chi connectivity index (χ4n) is 2.22. The third-order valence-corrected chi connectivity index (χ3v) is 3.54. The van der Waals surface area contributed by atoms with Crippen molar-refractivity contribution in [3.63, 3.8) is 0 Å². The summed E-state index contributed by atoms with van der Waals surface area (Å²) < 4.78 is 9.67. The first kappa shape index (κ1) is 22.4. The molecule has 0 saturated heterocycles. The third-order valence-electron chi connectivity index (χ3n) is 3.54. The van der Waals surface area contributed by atoms with E-state index in [1.54, 1.807) is 26.0 Å². The fourth-order valence-corrected chi connectivity index (χ4v) is 2.22. The van der Waals surface area contributed by atoms with Gasteiger partial charge in [-0.3, -0.25) is 9.59 Å². The van der Waals surface area contributed by atoms with Crippen LogP contribution in [0.2, 0.25) is 0 Å². The zero-order valence-electron chi connectivity index (χ0n) is 15.8. The molecule has 0 fully saturated rings. The summed E-state index contributed by atoms with van der Waals surface area (Å²) in [7, 11) is 0. The Morgan fingerprint density at radius 1 is 0.679 bits per heavy atom. The molecular formula is C20H20O8. The largest absolute Gasteiger partial charge is 0.478 e. The number of ether oxygens (including phenoxy) is 2. The number of rotatable bonds is 4. The lowest BCUT2D eigenvalue weighted by atomic mass is 10.1. The summed E-state index contributed by atoms with van der Waals surface area (Å²) in [4.78, 5) is 42.8. The Balaban J connectivity index is 0.000000280. The molecule has 148 valence electrons. The molecule has 0 atom stereocenters. The lowest BCUT2D eigenvalue weighted by molar-refractivity contribution is -0.132. The topological polar surface area (TPSA) is 127 Å². The van der Waals surface area contributed by atoms with Gasteiger partial charge in [-0.15, -0.1) is 0 Å². The van der Waals surface area contributed by atoms with Gasteiger partial charge >= 0.3 is 23.9 Å². The summed E-state index contributed by atoms with van der Waals surface area (Å²) in [5, 5.41) is 17.6. The Morgan fingerprint density at radius 3 is 1.25 bits per heavy atom. The minimum absolute atomic E-state index is 0.142. The predicted molar refractivity (Wildman–Crippen MR) is 98.9 cm³/mol. The Hall–Kier alpha value is -3.68. The van der Waals surface area contributed by atoms with Gasteiger partial charge in [-0.25, -0.2) is 9.59 Å². The molecule has 0 spiro atoms. The highest BCUT2D eigenvalue weighted by atomic mass is 16.5. The maximum atomic E-state index is 10.7. The number of aromatic carboxylic acids is 2. The van der Waals surface area contributed by atoms with E-state index in [4.69, 9.17) is 19.7 Å². The van der Waals surface area contributed by atoms with E-state index in [0.717, 1.165) is 0 Å². The minimum Gasteiger partial charge on any atom is -0.478 e. The molecule has 8 nitrogen and oxygen atoms in total. The molecule has 2 aromatic carbocycles. The average molecular weight is 388 g/mol. The normalized spacial score (nSPS) is 9.57. The summed E-state index contributed by atoms with van der Waals surface area (Å²) >= 11 is 0. The van der Waals surface area contributed by atoms with Crippen LogP contribution in [-0.4, -0.2) is 34.1 Å². The van der Waals surface area contributed by atoms with Crippen LogP contribution in [-0.2, 0) is 9.59 Å². The van der Waals surface area contributed by atoms with Crippen LogP contribution in [0.4, 0.5) is 0 Å². The van der Waals surface area contributed by atoms with Crippen LogP contribution in [0, 0.1) is 13.8 Å². The van der Waals surface area contributed by atoms with E-state index >= 15 is 0 Å². The first-order valence-electron chi connectivity index (χ1n) is 8.07. The van der Waals surface area contributed by atoms with E-state index in [0.29, 0.717) is 11.1 Å². The number of esters is 2. The summed E-state index contributed by atoms with van der Waals surface area (Å²) in [6.45, 7) is 5.74. The SMILES string of the molecule is CC(=O)Oc1cccc(C(=O)O)c1C.CC(=O)Oc1cccc(C(=O)O)c1C. The highest BCUT2D eigenvalue weighted by molar-refractivity contribution is 5.91. The van der Waals surface area contributed by atoms with Crippen molar-refractivity contribution in [1.82, 2.24) is 0 Å². The second kappa shape index (κ2) is 9.86. The van der Waals surface area contributed by atoms with Gasteiger partial charge in [-0.05, 0) is 38.1 Å². The van der Waals surface area contributed by atoms with Crippen molar-refractivity contribution >= 4 is 23.9 Å². The highest BCUT2D eigenvalue weighted by Gasteiger charge is 2.12. The number of carbonyl (C=O) groups excluding carboxylic acids is 2. The van der Waals surface area contributed by atoms with Gasteiger partial charge < -0.3 is 19.7 Å². The quantitative estimate of drug-likeness (QED) is 0.604. The second-order valence-corrected chi connectivity index (χ2v) is 5.66. The molecule has 0 aliphatic heterocycles. The maximum Gasteiger partial charge on any atom is 0.336 e. The molecule has 0 saturated carbocycles. The molecule has 8 heteroatoms. The zero-order valence-corrected chi connectivity index (χ0v) is 15.8. The van der Waals surface area contributed by atoms with Crippen molar-refractivity contribution in [2.45, 2.75) is 27.7 Å². The summed E-state index contributed by atoms with van der Waals surface area (Å²) in [5.74, 6) is -2.41. The van der Waals surface area contributed by atoms with Crippen LogP contribution in [0.5, 0.6) is 11.5 Å². The van der Waals surface area contributed by atoms with Gasteiger partial charge in [0.25, 0.3) is 0 Å². The van der Waals surface area contributed by atoms with Gasteiger partial charge in [0.1, 0.15) is 11.5 Å². The van der Waals surface area contributed by atoms with E-state index in [1.807, 2.05) is 0 Å². The smallest absolute Gasteiger partial charge is 0.336 e. The van der Waals surface area contributed by atoms with Crippen LogP contribution in [0.25, 0.3) is 0 Å². The Kier molecular flexibility index (Phi) is 7.88. The molecule has 0 radical (unpaired) electrons. The van der Waals surface area contributed by atoms with Crippen molar-refractivity contribution in [3.05, 3.63) is 58.7 Å². The van der Waals surface area contributed by atoms with Crippen LogP contribution in [0.3, 0.4) is 0 Å². The monoisotopic (exact) mass is 388 g/mol. The summed E-state index contributed by atoms with van der Waals surface area (Å²) in [6.07, 6.45) is 0. The fraction of sp³-hybridized carbons (Fsp3) is 0.200. The van der Waals surface area contributed by atoms with Crippen molar-refractivity contribution < 1.29 is 38.9 Å². The van der Waals surface area contributed by atoms with Crippen molar-refractivity contribution in [3.8, 4) is 11.5 Å². The standard InChI is InChI=1S/2C10H10O4/c2*1-6-8(10(12)13)4-3-5-9(6)14-7(2)11/h2*3-5H,1-2H3,(H,12,13). The second-order valence-electron chi connectivity index (χ2n) is 5.66. The first-order chi connectivity index (χ1) is 13.0. The van der Waals surface area contributed by atoms with Crippen LogP contribution >= 0.6 is 0 Å². The summed E-state index contributed by atoms with van der Waals surface area (Å²) in [6, 6.07) is 9.12. The van der Waals surface area contributed by atoms with Crippen molar-refractivity contribution in [2.75, 3.05) is 0 Å². The average Bonchev–Trinajstić information content (AvgIpc) is 2.58. The summed E-state index contributed by atoms with van der Waals surface area (Å²) in [5.41, 5.74) is 1.19. The Labute approximate surface area is 161 Å². The Morgan fingerprint density at radius 2 is 1.00 bits per heavy atom. The maximum absolute atomic E-state index is 10.7. The molecule has 0 aromatic heterocycles. The minimum atomic E-state index is -1.03. The molecule has 0 unspecified atom stereocenters. The number of hydrogen-bond acceptors (Lipinski definition) is 6. The van der Waals surface area contributed by atoms with Crippen LogP contribution in [0.15, 0.2) is 36.4 Å². The molecule has 2 aromatic rings. The Bertz CT molecular complexity index is 839. The van der Waals surface area contributed by atoms with Crippen molar-refractivity contribution in [2.24, 2.45) is 0 Å². The van der Waals surface area contributed by atoms with Gasteiger partial charge in [0.2, 0.25) is 0 Å². The zero-order chi connectivity index (χ0) is 21.4. The number of hydrogen-bond donors (Lipinski definition) is 2. The number of carboxylic acid groups (broad SMARTS) is 2. The van der Waals surface area contributed by atoms with E-state index in [1.165, 1.54) is 38.1 Å². The van der Waals surface area contributed by atoms with Gasteiger partial charge in [0.15, 0.2) is 0 Å². The van der Waals surface area contributed by atoms with Gasteiger partial charge in [-0.2, -0.15) is 0 Å². The number of benzene rings is 2. The van der Waals surface area contributed by atoms with Gasteiger partial charge in [-0.1, -0.05) is 12.1 Å². The lowest BCUT2D eigenvalue weighted by Crippen LogP contribution is -2.06. The van der Waals surface area contributed by atoms with E-state index in [2.05, 4.69) is 0 Å². The van der Waals surface area contributed by atoms with Crippen LogP contribution < -0.4 is 9.47 Å². The molecule has 0 amide bonds. The molecule has 2 rings (SSSR count). The van der Waals surface area contributed by atoms with E-state index < -0.39 is 23.9 Å². The van der Waals surface area contributed by atoms with Gasteiger partial charge in [0.05, 0.1) is 11.1 Å². The molecular weight excluding hydrogens is 368 g/mol. The number of carboxylic acids is 2. The lowest BCUT2D eigenvalue weighted by Gasteiger charge is -2.07.